The number of hydrogen-bond acceptors (Lipinski definition) is 5. The Balaban J connectivity index is 2.03. The number of nitrogens with one attached hydrogen (secondary N) is 1. The predicted molar refractivity (Wildman–Crippen MR) is 78.5 cm³/mol. The van der Waals surface area contributed by atoms with Gasteiger partial charge in [-0.05, 0) is 5.39 Å². The first kappa shape index (κ1) is 14.7. The Kier molecular flexibility index (Phi) is 4.68. The van der Waals surface area contributed by atoms with Gasteiger partial charge in [0.2, 0.25) is 5.91 Å². The van der Waals surface area contributed by atoms with Crippen molar-refractivity contribution in [2.75, 3.05) is 25.5 Å². The van der Waals surface area contributed by atoms with E-state index in [1.54, 1.807) is 0 Å². The minimum atomic E-state index is -0.546. The Hall–Kier alpha value is -2.67. The van der Waals surface area contributed by atoms with Crippen molar-refractivity contribution in [1.82, 2.24) is 10.3 Å². The molecule has 0 aliphatic carbocycles. The minimum Gasteiger partial charge on any atom is -0.383 e. The molecule has 0 aliphatic heterocycles. The molecule has 0 saturated carbocycles. The molecule has 7 nitrogen and oxygen atoms in total. The third-order valence-electron chi connectivity index (χ3n) is 2.85. The molecular weight excluding hydrogens is 272 g/mol. The number of rotatable bonds is 6. The molecule has 2 aromatic rings. The lowest BCUT2D eigenvalue weighted by atomic mass is 10.1. The molecule has 0 fully saturated rings. The smallest absolute Gasteiger partial charge is 0.253 e. The number of nitrogen functional groups attached to an aromatic ring is 1. The second kappa shape index (κ2) is 6.67. The number of primary amides is 1. The molecule has 0 radical (unpaired) electrons. The standard InChI is InChI=1S/C14H16N4O3/c15-12(19)8-21-6-5-17-14(20)11-7-18-13(16)10-4-2-1-3-9(10)11/h1-4,7H,5-6,8H2,(H2,15,19)(H2,16,18)(H,17,20). The van der Waals surface area contributed by atoms with Crippen molar-refractivity contribution in [3.05, 3.63) is 36.0 Å². The molecule has 5 N–H and O–H groups in total. The maximum absolute atomic E-state index is 12.1. The van der Waals surface area contributed by atoms with Crippen molar-refractivity contribution in [3.8, 4) is 0 Å². The number of ether oxygens (including phenoxy) is 1. The summed E-state index contributed by atoms with van der Waals surface area (Å²) in [6.07, 6.45) is 1.44. The molecule has 2 amide bonds. The topological polar surface area (TPSA) is 120 Å². The molecule has 0 saturated heterocycles. The van der Waals surface area contributed by atoms with Crippen LogP contribution < -0.4 is 16.8 Å². The Morgan fingerprint density at radius 3 is 2.67 bits per heavy atom. The summed E-state index contributed by atoms with van der Waals surface area (Å²) >= 11 is 0. The number of hydrogen-bond donors (Lipinski definition) is 3. The number of nitrogens with zero attached hydrogens (tertiary/aromatic N) is 1. The average molecular weight is 288 g/mol. The first-order valence-electron chi connectivity index (χ1n) is 6.37. The molecule has 0 spiro atoms. The SMILES string of the molecule is NC(=O)COCCNC(=O)c1cnc(N)c2ccccc12. The molecule has 7 heteroatoms. The van der Waals surface area contributed by atoms with Gasteiger partial charge in [-0.1, -0.05) is 24.3 Å². The largest absolute Gasteiger partial charge is 0.383 e. The second-order valence-corrected chi connectivity index (χ2v) is 4.38. The van der Waals surface area contributed by atoms with Crippen LogP contribution in [0, 0.1) is 0 Å². The van der Waals surface area contributed by atoms with Crippen molar-refractivity contribution >= 4 is 28.4 Å². The van der Waals surface area contributed by atoms with Gasteiger partial charge in [-0.3, -0.25) is 9.59 Å². The van der Waals surface area contributed by atoms with E-state index in [1.165, 1.54) is 6.20 Å². The number of amides is 2. The third-order valence-corrected chi connectivity index (χ3v) is 2.85. The number of aromatic nitrogens is 1. The van der Waals surface area contributed by atoms with Crippen LogP contribution in [0.15, 0.2) is 30.5 Å². The maximum Gasteiger partial charge on any atom is 0.253 e. The Morgan fingerprint density at radius 2 is 1.95 bits per heavy atom. The fraction of sp³-hybridized carbons (Fsp3) is 0.214. The quantitative estimate of drug-likeness (QED) is 0.648. The average Bonchev–Trinajstić information content (AvgIpc) is 2.47. The monoisotopic (exact) mass is 288 g/mol. The van der Waals surface area contributed by atoms with Gasteiger partial charge in [0.25, 0.3) is 5.91 Å². The van der Waals surface area contributed by atoms with E-state index in [9.17, 15) is 9.59 Å². The molecule has 0 bridgehead atoms. The van der Waals surface area contributed by atoms with Crippen molar-refractivity contribution < 1.29 is 14.3 Å². The van der Waals surface area contributed by atoms with Crippen molar-refractivity contribution in [1.29, 1.82) is 0 Å². The van der Waals surface area contributed by atoms with E-state index in [0.29, 0.717) is 11.4 Å². The lowest BCUT2D eigenvalue weighted by molar-refractivity contribution is -0.122. The summed E-state index contributed by atoms with van der Waals surface area (Å²) in [6.45, 7) is 0.308. The van der Waals surface area contributed by atoms with Gasteiger partial charge in [0.15, 0.2) is 0 Å². The van der Waals surface area contributed by atoms with Crippen LogP contribution in [0.5, 0.6) is 0 Å². The highest BCUT2D eigenvalue weighted by Crippen LogP contribution is 2.22. The van der Waals surface area contributed by atoms with Gasteiger partial charge in [-0.2, -0.15) is 0 Å². The number of carbonyl (C=O) groups is 2. The zero-order valence-electron chi connectivity index (χ0n) is 11.3. The van der Waals surface area contributed by atoms with Gasteiger partial charge < -0.3 is 21.5 Å². The summed E-state index contributed by atoms with van der Waals surface area (Å²) in [5.74, 6) is -0.441. The van der Waals surface area contributed by atoms with Gasteiger partial charge in [0.1, 0.15) is 12.4 Å². The zero-order valence-corrected chi connectivity index (χ0v) is 11.3. The molecule has 110 valence electrons. The highest BCUT2D eigenvalue weighted by molar-refractivity contribution is 6.08. The Morgan fingerprint density at radius 1 is 1.24 bits per heavy atom. The summed E-state index contributed by atoms with van der Waals surface area (Å²) in [7, 11) is 0. The van der Waals surface area contributed by atoms with Gasteiger partial charge in [-0.25, -0.2) is 4.98 Å². The number of anilines is 1. The number of benzene rings is 1. The van der Waals surface area contributed by atoms with E-state index >= 15 is 0 Å². The summed E-state index contributed by atoms with van der Waals surface area (Å²) in [4.78, 5) is 26.6. The van der Waals surface area contributed by atoms with Crippen LogP contribution in [0.1, 0.15) is 10.4 Å². The lowest BCUT2D eigenvalue weighted by Crippen LogP contribution is -2.29. The van der Waals surface area contributed by atoms with Crippen LogP contribution in [0.4, 0.5) is 5.82 Å². The fourth-order valence-electron chi connectivity index (χ4n) is 1.90. The van der Waals surface area contributed by atoms with Crippen LogP contribution in [-0.2, 0) is 9.53 Å². The van der Waals surface area contributed by atoms with E-state index in [0.717, 1.165) is 10.8 Å². The van der Waals surface area contributed by atoms with Crippen molar-refractivity contribution in [2.24, 2.45) is 5.73 Å². The lowest BCUT2D eigenvalue weighted by Gasteiger charge is -2.09. The molecule has 21 heavy (non-hydrogen) atoms. The van der Waals surface area contributed by atoms with Gasteiger partial charge >= 0.3 is 0 Å². The summed E-state index contributed by atoms with van der Waals surface area (Å²) in [5.41, 5.74) is 11.2. The highest BCUT2D eigenvalue weighted by Gasteiger charge is 2.11. The zero-order chi connectivity index (χ0) is 15.2. The van der Waals surface area contributed by atoms with E-state index in [-0.39, 0.29) is 25.7 Å². The number of nitrogens with two attached hydrogens (primary N) is 2. The van der Waals surface area contributed by atoms with E-state index < -0.39 is 5.91 Å². The normalized spacial score (nSPS) is 10.5. The summed E-state index contributed by atoms with van der Waals surface area (Å²) < 4.78 is 4.96. The first-order chi connectivity index (χ1) is 10.1. The molecule has 0 aliphatic rings. The van der Waals surface area contributed by atoms with Crippen LogP contribution in [0.25, 0.3) is 10.8 Å². The van der Waals surface area contributed by atoms with Crippen LogP contribution in [0.3, 0.4) is 0 Å². The van der Waals surface area contributed by atoms with Gasteiger partial charge in [-0.15, -0.1) is 0 Å². The molecule has 0 unspecified atom stereocenters. The maximum atomic E-state index is 12.1. The summed E-state index contributed by atoms with van der Waals surface area (Å²) in [6, 6.07) is 7.28. The molecular formula is C14H16N4O3. The molecule has 1 aromatic carbocycles. The van der Waals surface area contributed by atoms with Crippen molar-refractivity contribution in [3.63, 3.8) is 0 Å². The summed E-state index contributed by atoms with van der Waals surface area (Å²) in [5, 5.41) is 4.16. The van der Waals surface area contributed by atoms with Gasteiger partial charge in [0.05, 0.1) is 12.2 Å². The van der Waals surface area contributed by atoms with Crippen LogP contribution in [-0.4, -0.2) is 36.6 Å². The predicted octanol–water partition coefficient (Wildman–Crippen LogP) is 0.0487. The molecule has 1 aromatic heterocycles. The first-order valence-corrected chi connectivity index (χ1v) is 6.37. The second-order valence-electron chi connectivity index (χ2n) is 4.38. The number of carbonyl (C=O) groups excluding carboxylic acids is 2. The number of pyridine rings is 1. The van der Waals surface area contributed by atoms with Crippen LogP contribution >= 0.6 is 0 Å². The van der Waals surface area contributed by atoms with Gasteiger partial charge in [0, 0.05) is 18.1 Å². The van der Waals surface area contributed by atoms with E-state index in [2.05, 4.69) is 10.3 Å². The van der Waals surface area contributed by atoms with Crippen molar-refractivity contribution in [2.45, 2.75) is 0 Å². The Labute approximate surface area is 121 Å². The minimum absolute atomic E-state index is 0.164. The number of fused-ring (bicyclic) bond motifs is 1. The molecule has 2 rings (SSSR count). The van der Waals surface area contributed by atoms with E-state index in [1.807, 2.05) is 24.3 Å². The third kappa shape index (κ3) is 3.67. The Bertz CT molecular complexity index is 672. The van der Waals surface area contributed by atoms with Crippen LogP contribution in [0.2, 0.25) is 0 Å². The highest BCUT2D eigenvalue weighted by atomic mass is 16.5. The fourth-order valence-corrected chi connectivity index (χ4v) is 1.90. The molecule has 1 heterocycles. The van der Waals surface area contributed by atoms with E-state index in [4.69, 9.17) is 16.2 Å². The molecule has 0 atom stereocenters.